The Labute approximate surface area is 106 Å². The summed E-state index contributed by atoms with van der Waals surface area (Å²) in [4.78, 5) is 12.3. The highest BCUT2D eigenvalue weighted by atomic mass is 32.2. The third-order valence-electron chi connectivity index (χ3n) is 2.73. The van der Waals surface area contributed by atoms with Crippen molar-refractivity contribution in [1.29, 1.82) is 0 Å². The SMILES string of the molecule is CCCN(CC1CCOC1)/C(=C/[N+](=O)[O-])SC. The molecule has 0 N–H and O–H groups in total. The molecule has 1 atom stereocenters. The van der Waals surface area contributed by atoms with Crippen LogP contribution in [0.2, 0.25) is 0 Å². The number of thioether (sulfide) groups is 1. The number of nitrogens with zero attached hydrogens (tertiary/aromatic N) is 2. The van der Waals surface area contributed by atoms with Crippen LogP contribution in [0.15, 0.2) is 11.2 Å². The van der Waals surface area contributed by atoms with Crippen molar-refractivity contribution in [3.05, 3.63) is 21.3 Å². The summed E-state index contributed by atoms with van der Waals surface area (Å²) in [5.74, 6) is 0.504. The van der Waals surface area contributed by atoms with Crippen molar-refractivity contribution >= 4 is 11.8 Å². The van der Waals surface area contributed by atoms with Crippen LogP contribution in [-0.4, -0.2) is 42.4 Å². The summed E-state index contributed by atoms with van der Waals surface area (Å²) < 4.78 is 5.34. The summed E-state index contributed by atoms with van der Waals surface area (Å²) in [6, 6.07) is 0. The van der Waals surface area contributed by atoms with Gasteiger partial charge in [-0.2, -0.15) is 0 Å². The fourth-order valence-electron chi connectivity index (χ4n) is 1.95. The van der Waals surface area contributed by atoms with Gasteiger partial charge in [0.1, 0.15) is 5.03 Å². The number of rotatable bonds is 7. The van der Waals surface area contributed by atoms with Crippen molar-refractivity contribution in [3.8, 4) is 0 Å². The summed E-state index contributed by atoms with van der Waals surface area (Å²) in [5.41, 5.74) is 0. The van der Waals surface area contributed by atoms with E-state index >= 15 is 0 Å². The van der Waals surface area contributed by atoms with Gasteiger partial charge >= 0.3 is 0 Å². The lowest BCUT2D eigenvalue weighted by atomic mass is 10.1. The average Bonchev–Trinajstić information content (AvgIpc) is 2.78. The van der Waals surface area contributed by atoms with E-state index in [0.29, 0.717) is 5.92 Å². The first-order valence-electron chi connectivity index (χ1n) is 5.89. The van der Waals surface area contributed by atoms with Gasteiger partial charge in [-0.1, -0.05) is 6.92 Å². The smallest absolute Gasteiger partial charge is 0.264 e. The Hall–Kier alpha value is -0.750. The Morgan fingerprint density at radius 1 is 1.71 bits per heavy atom. The molecule has 0 bridgehead atoms. The summed E-state index contributed by atoms with van der Waals surface area (Å²) in [5, 5.41) is 11.3. The Balaban J connectivity index is 2.64. The van der Waals surface area contributed by atoms with Crippen LogP contribution in [0.25, 0.3) is 0 Å². The highest BCUT2D eigenvalue weighted by molar-refractivity contribution is 8.02. The molecule has 0 radical (unpaired) electrons. The molecule has 1 fully saturated rings. The number of nitro groups is 1. The molecule has 0 amide bonds. The summed E-state index contributed by atoms with van der Waals surface area (Å²) in [7, 11) is 0. The Bertz CT molecular complexity index is 278. The van der Waals surface area contributed by atoms with Crippen LogP contribution in [0.3, 0.4) is 0 Å². The molecule has 1 heterocycles. The van der Waals surface area contributed by atoms with E-state index in [-0.39, 0.29) is 4.92 Å². The molecule has 6 heteroatoms. The Kier molecular flexibility index (Phi) is 6.36. The van der Waals surface area contributed by atoms with Crippen molar-refractivity contribution < 1.29 is 9.66 Å². The minimum atomic E-state index is -0.375. The van der Waals surface area contributed by atoms with Crippen molar-refractivity contribution in [1.82, 2.24) is 4.90 Å². The first-order valence-corrected chi connectivity index (χ1v) is 7.11. The van der Waals surface area contributed by atoms with Gasteiger partial charge in [0.25, 0.3) is 6.20 Å². The molecule has 98 valence electrons. The molecule has 5 nitrogen and oxygen atoms in total. The van der Waals surface area contributed by atoms with Gasteiger partial charge in [0, 0.05) is 25.6 Å². The van der Waals surface area contributed by atoms with E-state index in [0.717, 1.165) is 50.4 Å². The molecule has 0 aromatic rings. The predicted molar refractivity (Wildman–Crippen MR) is 69.4 cm³/mol. The second-order valence-corrected chi connectivity index (χ2v) is 4.96. The van der Waals surface area contributed by atoms with E-state index in [2.05, 4.69) is 11.8 Å². The molecule has 1 aliphatic rings. The van der Waals surface area contributed by atoms with Crippen molar-refractivity contribution in [2.45, 2.75) is 19.8 Å². The molecule has 1 rings (SSSR count). The fraction of sp³-hybridized carbons (Fsp3) is 0.818. The first kappa shape index (κ1) is 14.3. The van der Waals surface area contributed by atoms with E-state index in [9.17, 15) is 10.1 Å². The zero-order chi connectivity index (χ0) is 12.7. The molecule has 0 aliphatic carbocycles. The Morgan fingerprint density at radius 2 is 2.47 bits per heavy atom. The molecule has 17 heavy (non-hydrogen) atoms. The second-order valence-electron chi connectivity index (χ2n) is 4.13. The van der Waals surface area contributed by atoms with Crippen LogP contribution in [-0.2, 0) is 4.74 Å². The molecule has 0 aromatic heterocycles. The van der Waals surface area contributed by atoms with Gasteiger partial charge in [-0.3, -0.25) is 10.1 Å². The van der Waals surface area contributed by atoms with Gasteiger partial charge in [-0.05, 0) is 19.1 Å². The number of ether oxygens (including phenoxy) is 1. The van der Waals surface area contributed by atoms with Gasteiger partial charge < -0.3 is 9.64 Å². The number of hydrogen-bond donors (Lipinski definition) is 0. The number of hydrogen-bond acceptors (Lipinski definition) is 5. The molecule has 0 aromatic carbocycles. The van der Waals surface area contributed by atoms with Crippen LogP contribution < -0.4 is 0 Å². The van der Waals surface area contributed by atoms with E-state index in [1.54, 1.807) is 0 Å². The summed E-state index contributed by atoms with van der Waals surface area (Å²) >= 11 is 1.43. The quantitative estimate of drug-likeness (QED) is 0.518. The van der Waals surface area contributed by atoms with E-state index < -0.39 is 0 Å². The minimum absolute atomic E-state index is 0.375. The van der Waals surface area contributed by atoms with Crippen molar-refractivity contribution in [2.75, 3.05) is 32.6 Å². The standard InChI is InChI=1S/C11H20N2O3S/c1-3-5-12(7-10-4-6-16-9-10)11(17-2)8-13(14)15/h8,10H,3-7,9H2,1-2H3/b11-8-. The largest absolute Gasteiger partial charge is 0.381 e. The Morgan fingerprint density at radius 3 is 2.94 bits per heavy atom. The normalized spacial score (nSPS) is 20.6. The minimum Gasteiger partial charge on any atom is -0.381 e. The van der Waals surface area contributed by atoms with Gasteiger partial charge in [-0.25, -0.2) is 0 Å². The maximum Gasteiger partial charge on any atom is 0.264 e. The molecule has 1 unspecified atom stereocenters. The fourth-order valence-corrected chi connectivity index (χ4v) is 2.57. The topological polar surface area (TPSA) is 55.6 Å². The van der Waals surface area contributed by atoms with E-state index in [4.69, 9.17) is 4.74 Å². The molecule has 1 saturated heterocycles. The first-order chi connectivity index (χ1) is 8.17. The molecule has 1 aliphatic heterocycles. The lowest BCUT2D eigenvalue weighted by molar-refractivity contribution is -0.403. The van der Waals surface area contributed by atoms with Gasteiger partial charge in [0.15, 0.2) is 0 Å². The zero-order valence-corrected chi connectivity index (χ0v) is 11.2. The van der Waals surface area contributed by atoms with Crippen LogP contribution in [0.1, 0.15) is 19.8 Å². The molecule has 0 saturated carbocycles. The van der Waals surface area contributed by atoms with Gasteiger partial charge in [0.2, 0.25) is 0 Å². The van der Waals surface area contributed by atoms with Crippen LogP contribution in [0, 0.1) is 16.0 Å². The van der Waals surface area contributed by atoms with Crippen molar-refractivity contribution in [3.63, 3.8) is 0 Å². The maximum atomic E-state index is 10.6. The maximum absolute atomic E-state index is 10.6. The summed E-state index contributed by atoms with van der Waals surface area (Å²) in [6.45, 7) is 5.39. The third-order valence-corrected chi connectivity index (χ3v) is 3.51. The van der Waals surface area contributed by atoms with Crippen LogP contribution >= 0.6 is 11.8 Å². The zero-order valence-electron chi connectivity index (χ0n) is 10.4. The highest BCUT2D eigenvalue weighted by Crippen LogP contribution is 2.22. The summed E-state index contributed by atoms with van der Waals surface area (Å²) in [6.07, 6.45) is 5.03. The monoisotopic (exact) mass is 260 g/mol. The van der Waals surface area contributed by atoms with Crippen molar-refractivity contribution in [2.24, 2.45) is 5.92 Å². The predicted octanol–water partition coefficient (Wildman–Crippen LogP) is 2.17. The molecular weight excluding hydrogens is 240 g/mol. The van der Waals surface area contributed by atoms with E-state index in [1.807, 2.05) is 6.26 Å². The average molecular weight is 260 g/mol. The second kappa shape index (κ2) is 7.55. The highest BCUT2D eigenvalue weighted by Gasteiger charge is 2.21. The van der Waals surface area contributed by atoms with Crippen LogP contribution in [0.4, 0.5) is 0 Å². The van der Waals surface area contributed by atoms with Crippen LogP contribution in [0.5, 0.6) is 0 Å². The lowest BCUT2D eigenvalue weighted by Gasteiger charge is -2.26. The van der Waals surface area contributed by atoms with E-state index in [1.165, 1.54) is 11.8 Å². The molecule has 0 spiro atoms. The molecular formula is C11H20N2O3S. The van der Waals surface area contributed by atoms with Gasteiger partial charge in [-0.15, -0.1) is 11.8 Å². The third kappa shape index (κ3) is 4.95. The lowest BCUT2D eigenvalue weighted by Crippen LogP contribution is -2.29. The van der Waals surface area contributed by atoms with Gasteiger partial charge in [0.05, 0.1) is 11.5 Å².